The van der Waals surface area contributed by atoms with Crippen molar-refractivity contribution in [1.29, 1.82) is 0 Å². The molecular weight excluding hydrogens is 122 g/mol. The number of carbonyl (C=O) groups excluding carboxylic acids is 1. The van der Waals surface area contributed by atoms with Crippen LogP contribution in [0.25, 0.3) is 0 Å². The molecule has 2 radical (unpaired) electrons. The van der Waals surface area contributed by atoms with Gasteiger partial charge in [0, 0.05) is 12.3 Å². The highest BCUT2D eigenvalue weighted by atomic mass is 16.6. The molecule has 9 heavy (non-hydrogen) atoms. The summed E-state index contributed by atoms with van der Waals surface area (Å²) in [4.78, 5) is 14.1. The van der Waals surface area contributed by atoms with Crippen LogP contribution in [-0.4, -0.2) is 19.7 Å². The minimum atomic E-state index is -0.285. The van der Waals surface area contributed by atoms with Crippen LogP contribution in [-0.2, 0) is 14.4 Å². The number of carbonyl (C=O) groups is 1. The molecule has 0 saturated heterocycles. The fourth-order valence-electron chi connectivity index (χ4n) is 0.383. The first kappa shape index (κ1) is 8.39. The van der Waals surface area contributed by atoms with Gasteiger partial charge in [0.25, 0.3) is 0 Å². The standard InChI is InChI=1S/C5H9NO3/c1-8-5(7)3-2-4-9-6/h2-4H2,1H3. The lowest BCUT2D eigenvalue weighted by atomic mass is 10.3. The summed E-state index contributed by atoms with van der Waals surface area (Å²) in [7, 11) is 1.32. The van der Waals surface area contributed by atoms with E-state index < -0.39 is 0 Å². The zero-order valence-corrected chi connectivity index (χ0v) is 5.29. The molecule has 0 aliphatic carbocycles. The highest BCUT2D eigenvalue weighted by Crippen LogP contribution is 1.90. The summed E-state index contributed by atoms with van der Waals surface area (Å²) < 4.78 is 4.32. The number of hydrogen-bond acceptors (Lipinski definition) is 3. The number of nitrogens with zero attached hydrogens (tertiary/aromatic N) is 1. The van der Waals surface area contributed by atoms with Crippen LogP contribution in [0.2, 0.25) is 0 Å². The van der Waals surface area contributed by atoms with E-state index in [2.05, 4.69) is 9.57 Å². The summed E-state index contributed by atoms with van der Waals surface area (Å²) in [6, 6.07) is 0. The predicted octanol–water partition coefficient (Wildman–Crippen LogP) is -0.0601. The summed E-state index contributed by atoms with van der Waals surface area (Å²) in [5.41, 5.74) is 0. The van der Waals surface area contributed by atoms with E-state index in [0.717, 1.165) is 0 Å². The molecule has 0 aromatic heterocycles. The smallest absolute Gasteiger partial charge is 0.305 e. The van der Waals surface area contributed by atoms with Crippen molar-refractivity contribution >= 4 is 5.97 Å². The number of methoxy groups -OCH3 is 1. The monoisotopic (exact) mass is 131 g/mol. The van der Waals surface area contributed by atoms with Crippen LogP contribution in [0.15, 0.2) is 0 Å². The number of hydrogen-bond donors (Lipinski definition) is 0. The number of esters is 1. The van der Waals surface area contributed by atoms with Crippen LogP contribution in [0.5, 0.6) is 0 Å². The molecule has 0 heterocycles. The van der Waals surface area contributed by atoms with Crippen molar-refractivity contribution in [3.05, 3.63) is 0 Å². The Morgan fingerprint density at radius 3 is 2.78 bits per heavy atom. The Hall–Kier alpha value is -0.610. The van der Waals surface area contributed by atoms with Crippen molar-refractivity contribution in [2.24, 2.45) is 0 Å². The number of ether oxygens (including phenoxy) is 1. The molecule has 0 N–H and O–H groups in total. The predicted molar refractivity (Wildman–Crippen MR) is 29.3 cm³/mol. The molecule has 0 bridgehead atoms. The molecule has 0 rings (SSSR count). The van der Waals surface area contributed by atoms with Gasteiger partial charge in [0.2, 0.25) is 0 Å². The van der Waals surface area contributed by atoms with Gasteiger partial charge in [0.1, 0.15) is 0 Å². The minimum absolute atomic E-state index is 0.176. The van der Waals surface area contributed by atoms with E-state index in [1.54, 1.807) is 0 Å². The van der Waals surface area contributed by atoms with Gasteiger partial charge in [0.15, 0.2) is 0 Å². The molecule has 52 valence electrons. The van der Waals surface area contributed by atoms with Gasteiger partial charge < -0.3 is 4.74 Å². The molecule has 4 nitrogen and oxygen atoms in total. The van der Waals surface area contributed by atoms with Crippen molar-refractivity contribution in [3.63, 3.8) is 0 Å². The first-order valence-electron chi connectivity index (χ1n) is 2.64. The Morgan fingerprint density at radius 2 is 2.33 bits per heavy atom. The molecule has 0 saturated carbocycles. The summed E-state index contributed by atoms with van der Waals surface area (Å²) in [6.45, 7) is 0.176. The quantitative estimate of drug-likeness (QED) is 0.305. The van der Waals surface area contributed by atoms with Crippen molar-refractivity contribution in [2.45, 2.75) is 12.8 Å². The lowest BCUT2D eigenvalue weighted by Gasteiger charge is -1.95. The lowest BCUT2D eigenvalue weighted by molar-refractivity contribution is -0.141. The SMILES string of the molecule is COC(=O)CCCO[N]. The zero-order valence-electron chi connectivity index (χ0n) is 5.29. The molecule has 0 aliphatic heterocycles. The second-order valence-corrected chi connectivity index (χ2v) is 1.51. The number of rotatable bonds is 4. The molecule has 0 spiro atoms. The topological polar surface area (TPSA) is 57.8 Å². The average molecular weight is 131 g/mol. The van der Waals surface area contributed by atoms with Gasteiger partial charge in [-0.25, -0.2) is 0 Å². The highest BCUT2D eigenvalue weighted by molar-refractivity contribution is 5.68. The summed E-state index contributed by atoms with van der Waals surface area (Å²) in [6.07, 6.45) is 0.778. The Bertz CT molecular complexity index is 84.3. The molecule has 0 aromatic carbocycles. The van der Waals surface area contributed by atoms with Crippen LogP contribution >= 0.6 is 0 Å². The average Bonchev–Trinajstić information content (AvgIpc) is 1.89. The van der Waals surface area contributed by atoms with E-state index in [9.17, 15) is 4.79 Å². The summed E-state index contributed by atoms with van der Waals surface area (Å²) in [5.74, 6) is 7.51. The van der Waals surface area contributed by atoms with Gasteiger partial charge in [-0.15, -0.1) is 0 Å². The molecule has 0 amide bonds. The van der Waals surface area contributed by atoms with Crippen molar-refractivity contribution in [3.8, 4) is 0 Å². The van der Waals surface area contributed by atoms with E-state index in [0.29, 0.717) is 6.42 Å². The van der Waals surface area contributed by atoms with E-state index in [1.165, 1.54) is 7.11 Å². The third kappa shape index (κ3) is 5.26. The van der Waals surface area contributed by atoms with Gasteiger partial charge >= 0.3 is 5.97 Å². The second kappa shape index (κ2) is 5.53. The highest BCUT2D eigenvalue weighted by Gasteiger charge is 1.97. The largest absolute Gasteiger partial charge is 0.469 e. The third-order valence-corrected chi connectivity index (χ3v) is 0.844. The Labute approximate surface area is 53.9 Å². The fraction of sp³-hybridized carbons (Fsp3) is 0.800. The van der Waals surface area contributed by atoms with Crippen LogP contribution in [0.3, 0.4) is 0 Å². The molecule has 4 heteroatoms. The Balaban J connectivity index is 2.97. The summed E-state index contributed by atoms with van der Waals surface area (Å²) in [5, 5.41) is 0. The van der Waals surface area contributed by atoms with Crippen molar-refractivity contribution in [1.82, 2.24) is 5.90 Å². The molecule has 0 fully saturated rings. The van der Waals surface area contributed by atoms with Crippen molar-refractivity contribution in [2.75, 3.05) is 13.7 Å². The van der Waals surface area contributed by atoms with Gasteiger partial charge in [-0.05, 0) is 6.42 Å². The van der Waals surface area contributed by atoms with E-state index in [1.807, 2.05) is 0 Å². The van der Waals surface area contributed by atoms with Gasteiger partial charge in [-0.1, -0.05) is 0 Å². The lowest BCUT2D eigenvalue weighted by Crippen LogP contribution is -2.02. The van der Waals surface area contributed by atoms with Crippen molar-refractivity contribution < 1.29 is 14.4 Å². The summed E-state index contributed by atoms with van der Waals surface area (Å²) >= 11 is 0. The molecule has 0 atom stereocenters. The maximum Gasteiger partial charge on any atom is 0.305 e. The third-order valence-electron chi connectivity index (χ3n) is 0.844. The molecular formula is C5H9NO3. The van der Waals surface area contributed by atoms with Gasteiger partial charge in [0.05, 0.1) is 13.7 Å². The normalized spacial score (nSPS) is 9.11. The minimum Gasteiger partial charge on any atom is -0.469 e. The molecule has 0 aliphatic rings. The van der Waals surface area contributed by atoms with Crippen LogP contribution < -0.4 is 5.90 Å². The Kier molecular flexibility index (Phi) is 5.15. The van der Waals surface area contributed by atoms with E-state index in [4.69, 9.17) is 5.90 Å². The Morgan fingerprint density at radius 1 is 1.67 bits per heavy atom. The van der Waals surface area contributed by atoms with Crippen LogP contribution in [0, 0.1) is 0 Å². The zero-order chi connectivity index (χ0) is 7.11. The maximum absolute atomic E-state index is 10.3. The molecule has 0 aromatic rings. The fourth-order valence-corrected chi connectivity index (χ4v) is 0.383. The van der Waals surface area contributed by atoms with Crippen LogP contribution in [0.4, 0.5) is 0 Å². The van der Waals surface area contributed by atoms with E-state index in [-0.39, 0.29) is 19.0 Å². The second-order valence-electron chi connectivity index (χ2n) is 1.51. The van der Waals surface area contributed by atoms with Gasteiger partial charge in [-0.3, -0.25) is 9.63 Å². The van der Waals surface area contributed by atoms with E-state index >= 15 is 0 Å². The van der Waals surface area contributed by atoms with Gasteiger partial charge in [-0.2, -0.15) is 0 Å². The first-order valence-corrected chi connectivity index (χ1v) is 2.64. The maximum atomic E-state index is 10.3. The molecule has 0 unspecified atom stereocenters. The van der Waals surface area contributed by atoms with Crippen LogP contribution in [0.1, 0.15) is 12.8 Å². The first-order chi connectivity index (χ1) is 4.31.